The summed E-state index contributed by atoms with van der Waals surface area (Å²) < 4.78 is 10.1. The minimum atomic E-state index is -1.12. The van der Waals surface area contributed by atoms with Gasteiger partial charge in [-0.05, 0) is 38.1 Å². The van der Waals surface area contributed by atoms with Gasteiger partial charge < -0.3 is 15.2 Å². The summed E-state index contributed by atoms with van der Waals surface area (Å²) in [7, 11) is 0. The first-order valence-corrected chi connectivity index (χ1v) is 5.98. The van der Waals surface area contributed by atoms with Crippen LogP contribution < -0.4 is 15.8 Å². The van der Waals surface area contributed by atoms with Gasteiger partial charge in [0.15, 0.2) is 6.10 Å². The predicted molar refractivity (Wildman–Crippen MR) is 70.2 cm³/mol. The molecule has 0 radical (unpaired) electrons. The van der Waals surface area contributed by atoms with Gasteiger partial charge in [-0.15, -0.1) is 0 Å². The minimum Gasteiger partial charge on any atom is -0.494 e. The van der Waals surface area contributed by atoms with Crippen molar-refractivity contribution in [1.29, 1.82) is 0 Å². The lowest BCUT2D eigenvalue weighted by molar-refractivity contribution is -0.127. The van der Waals surface area contributed by atoms with Gasteiger partial charge in [-0.25, -0.2) is 9.59 Å². The highest BCUT2D eigenvalue weighted by Crippen LogP contribution is 2.13. The number of rotatable bonds is 5. The SMILES string of the molecule is CCOc1ccc(C(=O)O[C@H](C)C(=O)NC(N)=O)cc1. The fourth-order valence-electron chi connectivity index (χ4n) is 1.36. The second-order valence-corrected chi connectivity index (χ2v) is 3.86. The summed E-state index contributed by atoms with van der Waals surface area (Å²) in [4.78, 5) is 33.6. The quantitative estimate of drug-likeness (QED) is 0.776. The lowest BCUT2D eigenvalue weighted by atomic mass is 10.2. The third kappa shape index (κ3) is 4.60. The Balaban J connectivity index is 2.61. The van der Waals surface area contributed by atoms with E-state index in [1.807, 2.05) is 12.2 Å². The smallest absolute Gasteiger partial charge is 0.338 e. The van der Waals surface area contributed by atoms with Gasteiger partial charge in [-0.1, -0.05) is 0 Å². The second-order valence-electron chi connectivity index (χ2n) is 3.86. The Morgan fingerprint density at radius 2 is 1.85 bits per heavy atom. The first-order chi connectivity index (χ1) is 9.43. The van der Waals surface area contributed by atoms with E-state index in [1.165, 1.54) is 19.1 Å². The van der Waals surface area contributed by atoms with E-state index in [-0.39, 0.29) is 5.56 Å². The van der Waals surface area contributed by atoms with Crippen molar-refractivity contribution in [3.05, 3.63) is 29.8 Å². The Bertz CT molecular complexity index is 498. The van der Waals surface area contributed by atoms with Crippen LogP contribution in [0.1, 0.15) is 24.2 Å². The number of esters is 1. The maximum Gasteiger partial charge on any atom is 0.338 e. The van der Waals surface area contributed by atoms with E-state index in [1.54, 1.807) is 12.1 Å². The number of urea groups is 1. The topological polar surface area (TPSA) is 108 Å². The summed E-state index contributed by atoms with van der Waals surface area (Å²) in [6.07, 6.45) is -1.12. The van der Waals surface area contributed by atoms with Crippen LogP contribution in [0.2, 0.25) is 0 Å². The molecule has 0 bridgehead atoms. The summed E-state index contributed by atoms with van der Waals surface area (Å²) in [6, 6.07) is 5.28. The Morgan fingerprint density at radius 1 is 1.25 bits per heavy atom. The molecular formula is C13H16N2O5. The molecule has 1 aromatic rings. The van der Waals surface area contributed by atoms with E-state index < -0.39 is 24.0 Å². The molecule has 0 saturated carbocycles. The van der Waals surface area contributed by atoms with Crippen LogP contribution in [-0.4, -0.2) is 30.6 Å². The molecule has 0 unspecified atom stereocenters. The average molecular weight is 280 g/mol. The largest absolute Gasteiger partial charge is 0.494 e. The molecule has 1 rings (SSSR count). The van der Waals surface area contributed by atoms with Gasteiger partial charge >= 0.3 is 12.0 Å². The summed E-state index contributed by atoms with van der Waals surface area (Å²) in [5.41, 5.74) is 5.06. The number of hydrogen-bond acceptors (Lipinski definition) is 5. The fraction of sp³-hybridized carbons (Fsp3) is 0.308. The molecule has 1 atom stereocenters. The van der Waals surface area contributed by atoms with E-state index in [0.717, 1.165) is 0 Å². The monoisotopic (exact) mass is 280 g/mol. The van der Waals surface area contributed by atoms with Crippen molar-refractivity contribution in [3.8, 4) is 5.75 Å². The Kier molecular flexibility index (Phi) is 5.52. The highest BCUT2D eigenvalue weighted by Gasteiger charge is 2.19. The molecule has 20 heavy (non-hydrogen) atoms. The molecule has 108 valence electrons. The second kappa shape index (κ2) is 7.13. The van der Waals surface area contributed by atoms with Crippen molar-refractivity contribution in [1.82, 2.24) is 5.32 Å². The summed E-state index contributed by atoms with van der Waals surface area (Å²) in [6.45, 7) is 3.71. The number of amides is 3. The number of hydrogen-bond donors (Lipinski definition) is 2. The van der Waals surface area contributed by atoms with Crippen LogP contribution in [-0.2, 0) is 9.53 Å². The Hall–Kier alpha value is -2.57. The van der Waals surface area contributed by atoms with Crippen molar-refractivity contribution in [2.24, 2.45) is 5.73 Å². The van der Waals surface area contributed by atoms with Crippen LogP contribution in [0.25, 0.3) is 0 Å². The van der Waals surface area contributed by atoms with Gasteiger partial charge in [0, 0.05) is 0 Å². The molecule has 0 spiro atoms. The first kappa shape index (κ1) is 15.5. The maximum absolute atomic E-state index is 11.8. The molecule has 0 saturated heterocycles. The molecular weight excluding hydrogens is 264 g/mol. The van der Waals surface area contributed by atoms with Gasteiger partial charge in [0.05, 0.1) is 12.2 Å². The number of imide groups is 1. The number of carbonyl (C=O) groups is 3. The zero-order valence-electron chi connectivity index (χ0n) is 11.2. The summed E-state index contributed by atoms with van der Waals surface area (Å²) in [5.74, 6) is -0.833. The molecule has 7 nitrogen and oxygen atoms in total. The highest BCUT2D eigenvalue weighted by atomic mass is 16.5. The van der Waals surface area contributed by atoms with E-state index in [2.05, 4.69) is 0 Å². The van der Waals surface area contributed by atoms with E-state index in [9.17, 15) is 14.4 Å². The van der Waals surface area contributed by atoms with Crippen molar-refractivity contribution in [2.75, 3.05) is 6.61 Å². The molecule has 7 heteroatoms. The third-order valence-electron chi connectivity index (χ3n) is 2.30. The Morgan fingerprint density at radius 3 is 2.35 bits per heavy atom. The summed E-state index contributed by atoms with van der Waals surface area (Å²) in [5, 5.41) is 1.83. The van der Waals surface area contributed by atoms with Crippen LogP contribution in [0.5, 0.6) is 5.75 Å². The summed E-state index contributed by atoms with van der Waals surface area (Å²) >= 11 is 0. The number of primary amides is 1. The van der Waals surface area contributed by atoms with Crippen LogP contribution in [0.15, 0.2) is 24.3 Å². The molecule has 0 aliphatic heterocycles. The van der Waals surface area contributed by atoms with Gasteiger partial charge in [-0.3, -0.25) is 10.1 Å². The Labute approximate surface area is 116 Å². The van der Waals surface area contributed by atoms with E-state index >= 15 is 0 Å². The van der Waals surface area contributed by atoms with Crippen molar-refractivity contribution in [2.45, 2.75) is 20.0 Å². The predicted octanol–water partition coefficient (Wildman–Crippen LogP) is 0.825. The molecule has 0 fully saturated rings. The minimum absolute atomic E-state index is 0.271. The molecule has 0 aliphatic rings. The van der Waals surface area contributed by atoms with Crippen molar-refractivity contribution >= 4 is 17.9 Å². The van der Waals surface area contributed by atoms with Crippen molar-refractivity contribution in [3.63, 3.8) is 0 Å². The number of ether oxygens (including phenoxy) is 2. The van der Waals surface area contributed by atoms with Crippen LogP contribution >= 0.6 is 0 Å². The molecule has 3 amide bonds. The molecule has 1 aromatic carbocycles. The zero-order valence-corrected chi connectivity index (χ0v) is 11.2. The fourth-order valence-corrected chi connectivity index (χ4v) is 1.36. The van der Waals surface area contributed by atoms with Gasteiger partial charge in [-0.2, -0.15) is 0 Å². The van der Waals surface area contributed by atoms with Crippen LogP contribution in [0, 0.1) is 0 Å². The number of benzene rings is 1. The van der Waals surface area contributed by atoms with Gasteiger partial charge in [0.25, 0.3) is 5.91 Å². The third-order valence-corrected chi connectivity index (χ3v) is 2.30. The van der Waals surface area contributed by atoms with Crippen molar-refractivity contribution < 1.29 is 23.9 Å². The normalized spacial score (nSPS) is 11.3. The number of nitrogens with one attached hydrogen (secondary N) is 1. The molecule has 0 aromatic heterocycles. The molecule has 0 heterocycles. The zero-order chi connectivity index (χ0) is 15.1. The van der Waals surface area contributed by atoms with Gasteiger partial charge in [0.1, 0.15) is 5.75 Å². The average Bonchev–Trinajstić information content (AvgIpc) is 2.39. The lowest BCUT2D eigenvalue weighted by Crippen LogP contribution is -2.42. The maximum atomic E-state index is 11.8. The van der Waals surface area contributed by atoms with Gasteiger partial charge in [0.2, 0.25) is 0 Å². The highest BCUT2D eigenvalue weighted by molar-refractivity contribution is 5.98. The number of nitrogens with two attached hydrogens (primary N) is 1. The van der Waals surface area contributed by atoms with E-state index in [0.29, 0.717) is 12.4 Å². The first-order valence-electron chi connectivity index (χ1n) is 5.98. The number of carbonyl (C=O) groups excluding carboxylic acids is 3. The van der Waals surface area contributed by atoms with Crippen LogP contribution in [0.4, 0.5) is 4.79 Å². The van der Waals surface area contributed by atoms with E-state index in [4.69, 9.17) is 15.2 Å². The lowest BCUT2D eigenvalue weighted by Gasteiger charge is -2.12. The molecule has 0 aliphatic carbocycles. The van der Waals surface area contributed by atoms with Crippen LogP contribution in [0.3, 0.4) is 0 Å². The molecule has 3 N–H and O–H groups in total. The standard InChI is InChI=1S/C13H16N2O5/c1-3-19-10-6-4-9(5-7-10)12(17)20-8(2)11(16)15-13(14)18/h4-8H,3H2,1-2H3,(H3,14,15,16,18)/t8-/m1/s1.